The number of hydrogen-bond donors (Lipinski definition) is 1. The summed E-state index contributed by atoms with van der Waals surface area (Å²) in [6.07, 6.45) is 1.07. The Morgan fingerprint density at radius 2 is 1.96 bits per heavy atom. The van der Waals surface area contributed by atoms with Gasteiger partial charge in [0.05, 0.1) is 12.3 Å². The van der Waals surface area contributed by atoms with E-state index >= 15 is 0 Å². The summed E-state index contributed by atoms with van der Waals surface area (Å²) in [4.78, 5) is 8.86. The number of hydrogen-bond acceptors (Lipinski definition) is 4. The molecule has 9 heteroatoms. The van der Waals surface area contributed by atoms with Crippen molar-refractivity contribution in [2.75, 3.05) is 45.0 Å². The van der Waals surface area contributed by atoms with Crippen LogP contribution in [0.15, 0.2) is 34.2 Å². The highest BCUT2D eigenvalue weighted by Crippen LogP contribution is 2.17. The number of likely N-dealkylation sites (N-methyl/N-ethyl adjacent to an activating group) is 1. The molecule has 160 valence electrons. The van der Waals surface area contributed by atoms with Gasteiger partial charge in [0, 0.05) is 25.7 Å². The molecule has 28 heavy (non-hydrogen) atoms. The van der Waals surface area contributed by atoms with Crippen LogP contribution in [0.2, 0.25) is 0 Å². The van der Waals surface area contributed by atoms with Crippen molar-refractivity contribution in [3.05, 3.63) is 30.1 Å². The molecular formula is C19H32FIN4O2S. The minimum atomic E-state index is -3.69. The van der Waals surface area contributed by atoms with Crippen LogP contribution in [-0.2, 0) is 9.84 Å². The van der Waals surface area contributed by atoms with Gasteiger partial charge in [-0.2, -0.15) is 0 Å². The van der Waals surface area contributed by atoms with Crippen LogP contribution in [0.1, 0.15) is 27.2 Å². The second-order valence-electron chi connectivity index (χ2n) is 6.59. The third-order valence-electron chi connectivity index (χ3n) is 4.92. The highest BCUT2D eigenvalue weighted by molar-refractivity contribution is 14.0. The van der Waals surface area contributed by atoms with E-state index in [0.29, 0.717) is 12.6 Å². The van der Waals surface area contributed by atoms with Crippen molar-refractivity contribution in [2.24, 2.45) is 4.99 Å². The van der Waals surface area contributed by atoms with Gasteiger partial charge in [-0.3, -0.25) is 9.89 Å². The topological polar surface area (TPSA) is 65.0 Å². The van der Waals surface area contributed by atoms with Crippen molar-refractivity contribution in [1.29, 1.82) is 0 Å². The number of benzene rings is 1. The normalized spacial score (nSPS) is 17.7. The third kappa shape index (κ3) is 6.55. The highest BCUT2D eigenvalue weighted by Gasteiger charge is 2.28. The van der Waals surface area contributed by atoms with Crippen LogP contribution in [-0.4, -0.2) is 75.2 Å². The molecule has 1 atom stereocenters. The van der Waals surface area contributed by atoms with E-state index in [0.717, 1.165) is 44.6 Å². The number of likely N-dealkylation sites (tertiary alicyclic amines) is 1. The Morgan fingerprint density at radius 3 is 2.57 bits per heavy atom. The van der Waals surface area contributed by atoms with E-state index in [1.54, 1.807) is 0 Å². The first-order chi connectivity index (χ1) is 12.9. The molecule has 0 amide bonds. The van der Waals surface area contributed by atoms with Crippen molar-refractivity contribution in [3.8, 4) is 0 Å². The van der Waals surface area contributed by atoms with Crippen molar-refractivity contribution in [1.82, 2.24) is 15.1 Å². The molecular weight excluding hydrogens is 494 g/mol. The number of nitrogens with zero attached hydrogens (tertiary/aromatic N) is 3. The quantitative estimate of drug-likeness (QED) is 0.321. The fourth-order valence-electron chi connectivity index (χ4n) is 3.48. The van der Waals surface area contributed by atoms with Gasteiger partial charge in [0.1, 0.15) is 10.7 Å². The number of guanidine groups is 1. The lowest BCUT2D eigenvalue weighted by molar-refractivity contribution is 0.223. The van der Waals surface area contributed by atoms with Crippen LogP contribution < -0.4 is 5.32 Å². The van der Waals surface area contributed by atoms with Gasteiger partial charge in [-0.25, -0.2) is 12.8 Å². The fourth-order valence-corrected chi connectivity index (χ4v) is 4.68. The van der Waals surface area contributed by atoms with E-state index in [1.165, 1.54) is 18.2 Å². The summed E-state index contributed by atoms with van der Waals surface area (Å²) in [5.41, 5.74) is 0. The first-order valence-electron chi connectivity index (χ1n) is 9.67. The number of aliphatic imine (C=N–C) groups is 1. The number of halogens is 2. The molecule has 0 aromatic heterocycles. The minimum Gasteiger partial charge on any atom is -0.357 e. The summed E-state index contributed by atoms with van der Waals surface area (Å²) < 4.78 is 38.5. The lowest BCUT2D eigenvalue weighted by Crippen LogP contribution is -2.43. The molecule has 1 aliphatic rings. The Morgan fingerprint density at radius 1 is 1.29 bits per heavy atom. The molecule has 0 spiro atoms. The van der Waals surface area contributed by atoms with Crippen LogP contribution in [0.3, 0.4) is 0 Å². The summed E-state index contributed by atoms with van der Waals surface area (Å²) >= 11 is 0. The van der Waals surface area contributed by atoms with E-state index < -0.39 is 15.7 Å². The molecule has 0 radical (unpaired) electrons. The summed E-state index contributed by atoms with van der Waals surface area (Å²) in [5, 5.41) is 3.25. The Bertz CT molecular complexity index is 741. The summed E-state index contributed by atoms with van der Waals surface area (Å²) in [7, 11) is -3.69. The van der Waals surface area contributed by atoms with Gasteiger partial charge in [0.25, 0.3) is 0 Å². The largest absolute Gasteiger partial charge is 0.357 e. The Labute approximate surface area is 185 Å². The van der Waals surface area contributed by atoms with Gasteiger partial charge in [0.15, 0.2) is 15.8 Å². The SMILES string of the molecule is CCNC(=NCCS(=O)(=O)c1ccccc1F)N1CCC(N(CC)CC)C1.I. The molecule has 1 fully saturated rings. The van der Waals surface area contributed by atoms with Crippen LogP contribution in [0, 0.1) is 5.82 Å². The molecule has 0 bridgehead atoms. The molecule has 1 unspecified atom stereocenters. The van der Waals surface area contributed by atoms with Crippen molar-refractivity contribution in [2.45, 2.75) is 38.1 Å². The predicted octanol–water partition coefficient (Wildman–Crippen LogP) is 2.60. The lowest BCUT2D eigenvalue weighted by atomic mass is 10.2. The molecule has 1 N–H and O–H groups in total. The first-order valence-corrected chi connectivity index (χ1v) is 11.3. The Balaban J connectivity index is 0.00000392. The average molecular weight is 526 g/mol. The van der Waals surface area contributed by atoms with Crippen molar-refractivity contribution in [3.63, 3.8) is 0 Å². The zero-order valence-electron chi connectivity index (χ0n) is 16.9. The molecule has 1 aliphatic heterocycles. The van der Waals surface area contributed by atoms with Gasteiger partial charge >= 0.3 is 0 Å². The van der Waals surface area contributed by atoms with Crippen molar-refractivity contribution >= 4 is 39.8 Å². The van der Waals surface area contributed by atoms with Crippen LogP contribution in [0.4, 0.5) is 4.39 Å². The molecule has 1 saturated heterocycles. The number of rotatable bonds is 8. The molecule has 1 aromatic rings. The second-order valence-corrected chi connectivity index (χ2v) is 8.67. The van der Waals surface area contributed by atoms with E-state index in [2.05, 4.69) is 34.0 Å². The molecule has 1 aromatic carbocycles. The Kier molecular flexibility index (Phi) is 10.7. The van der Waals surface area contributed by atoms with E-state index in [4.69, 9.17) is 0 Å². The summed E-state index contributed by atoms with van der Waals surface area (Å²) in [6, 6.07) is 5.97. The Hall–Kier alpha value is -0.940. The monoisotopic (exact) mass is 526 g/mol. The predicted molar refractivity (Wildman–Crippen MR) is 123 cm³/mol. The zero-order chi connectivity index (χ0) is 19.9. The highest BCUT2D eigenvalue weighted by atomic mass is 127. The van der Waals surface area contributed by atoms with Gasteiger partial charge in [-0.05, 0) is 38.6 Å². The standard InChI is InChI=1S/C19H31FN4O2S.HI/c1-4-21-19(24-13-11-16(15-24)23(5-2)6-3)22-12-14-27(25,26)18-10-8-7-9-17(18)20;/h7-10,16H,4-6,11-15H2,1-3H3,(H,21,22);1H. The molecule has 1 heterocycles. The van der Waals surface area contributed by atoms with Crippen LogP contribution >= 0.6 is 24.0 Å². The fraction of sp³-hybridized carbons (Fsp3) is 0.632. The van der Waals surface area contributed by atoms with Crippen LogP contribution in [0.25, 0.3) is 0 Å². The van der Waals surface area contributed by atoms with Gasteiger partial charge in [-0.15, -0.1) is 24.0 Å². The average Bonchev–Trinajstić information content (AvgIpc) is 3.12. The third-order valence-corrected chi connectivity index (χ3v) is 6.64. The second kappa shape index (κ2) is 11.9. The number of nitrogens with one attached hydrogen (secondary N) is 1. The first kappa shape index (κ1) is 25.1. The van der Waals surface area contributed by atoms with Gasteiger partial charge in [0.2, 0.25) is 0 Å². The van der Waals surface area contributed by atoms with E-state index in [-0.39, 0.29) is 41.2 Å². The van der Waals surface area contributed by atoms with Gasteiger partial charge < -0.3 is 10.2 Å². The minimum absolute atomic E-state index is 0. The number of sulfone groups is 1. The zero-order valence-corrected chi connectivity index (χ0v) is 20.0. The molecule has 0 aliphatic carbocycles. The van der Waals surface area contributed by atoms with Gasteiger partial charge in [-0.1, -0.05) is 26.0 Å². The van der Waals surface area contributed by atoms with E-state index in [1.807, 2.05) is 6.92 Å². The maximum atomic E-state index is 13.8. The lowest BCUT2D eigenvalue weighted by Gasteiger charge is -2.27. The molecule has 6 nitrogen and oxygen atoms in total. The van der Waals surface area contributed by atoms with E-state index in [9.17, 15) is 12.8 Å². The molecule has 0 saturated carbocycles. The maximum Gasteiger partial charge on any atom is 0.194 e. The van der Waals surface area contributed by atoms with Crippen LogP contribution in [0.5, 0.6) is 0 Å². The molecule has 2 rings (SSSR count). The maximum absolute atomic E-state index is 13.8. The smallest absolute Gasteiger partial charge is 0.194 e. The van der Waals surface area contributed by atoms with Crippen molar-refractivity contribution < 1.29 is 12.8 Å². The summed E-state index contributed by atoms with van der Waals surface area (Å²) in [5.74, 6) is -0.193. The summed E-state index contributed by atoms with van der Waals surface area (Å²) in [6.45, 7) is 11.0.